The number of methoxy groups -OCH3 is 1. The summed E-state index contributed by atoms with van der Waals surface area (Å²) < 4.78 is 16.3. The van der Waals surface area contributed by atoms with Crippen molar-refractivity contribution in [3.8, 4) is 17.2 Å². The van der Waals surface area contributed by atoms with Gasteiger partial charge in [-0.15, -0.1) is 4.91 Å². The lowest BCUT2D eigenvalue weighted by Crippen LogP contribution is -2.09. The fourth-order valence-electron chi connectivity index (χ4n) is 3.11. The summed E-state index contributed by atoms with van der Waals surface area (Å²) in [5.74, 6) is 1.47. The number of nitrogens with zero attached hydrogens (tertiary/aromatic N) is 1. The molecule has 1 N–H and O–H groups in total. The second-order valence-corrected chi connectivity index (χ2v) is 8.58. The Morgan fingerprint density at radius 2 is 1.69 bits per heavy atom. The van der Waals surface area contributed by atoms with Crippen LogP contribution < -0.4 is 9.47 Å². The van der Waals surface area contributed by atoms with Crippen LogP contribution in [0.15, 0.2) is 41.6 Å². The number of ether oxygens (including phenoxy) is 3. The summed E-state index contributed by atoms with van der Waals surface area (Å²) in [6, 6.07) is 9.28. The highest BCUT2D eigenvalue weighted by Crippen LogP contribution is 2.36. The van der Waals surface area contributed by atoms with Gasteiger partial charge >= 0.3 is 5.97 Å². The molecule has 2 aromatic rings. The molecule has 0 saturated heterocycles. The van der Waals surface area contributed by atoms with Crippen LogP contribution in [0.4, 0.5) is 0 Å². The monoisotopic (exact) mass is 443 g/mol. The lowest BCUT2D eigenvalue weighted by molar-refractivity contribution is -0.140. The zero-order valence-electron chi connectivity index (χ0n) is 19.5. The Balaban J connectivity index is 2.33. The number of rotatable bonds is 12. The zero-order chi connectivity index (χ0) is 23.7. The topological polar surface area (TPSA) is 94.4 Å². The van der Waals surface area contributed by atoms with Crippen LogP contribution >= 0.6 is 0 Å². The Labute approximate surface area is 189 Å². The van der Waals surface area contributed by atoms with Crippen molar-refractivity contribution in [2.24, 2.45) is 17.0 Å². The SMILES string of the molecule is COC(=O)CCc1cc(C(N=O)c2ccc(OCC(C)C)cc2O)ccc1OCC(C)C. The van der Waals surface area contributed by atoms with Gasteiger partial charge in [0, 0.05) is 18.1 Å². The minimum Gasteiger partial charge on any atom is -0.507 e. The summed E-state index contributed by atoms with van der Waals surface area (Å²) in [5, 5.41) is 13.8. The number of phenolic OH excluding ortho intramolecular Hbond substituents is 1. The van der Waals surface area contributed by atoms with Gasteiger partial charge in [0.1, 0.15) is 23.3 Å². The molecule has 1 atom stereocenters. The van der Waals surface area contributed by atoms with Crippen LogP contribution in [0.5, 0.6) is 17.2 Å². The second kappa shape index (κ2) is 12.1. The quantitative estimate of drug-likeness (QED) is 0.347. The number of aromatic hydroxyl groups is 1. The summed E-state index contributed by atoms with van der Waals surface area (Å²) >= 11 is 0. The van der Waals surface area contributed by atoms with Gasteiger partial charge in [-0.2, -0.15) is 0 Å². The summed E-state index contributed by atoms with van der Waals surface area (Å²) in [7, 11) is 1.35. The Hall–Kier alpha value is -3.09. The highest BCUT2D eigenvalue weighted by molar-refractivity contribution is 5.69. The molecule has 7 heteroatoms. The maximum atomic E-state index is 11.8. The number of hydrogen-bond acceptors (Lipinski definition) is 7. The van der Waals surface area contributed by atoms with Gasteiger partial charge in [0.25, 0.3) is 0 Å². The number of carbonyl (C=O) groups excluding carboxylic acids is 1. The first-order valence-electron chi connectivity index (χ1n) is 10.9. The van der Waals surface area contributed by atoms with Gasteiger partial charge in [0.15, 0.2) is 0 Å². The van der Waals surface area contributed by atoms with Crippen LogP contribution in [0.1, 0.15) is 56.8 Å². The largest absolute Gasteiger partial charge is 0.507 e. The molecule has 0 heterocycles. The van der Waals surface area contributed by atoms with Gasteiger partial charge in [0.05, 0.1) is 20.3 Å². The van der Waals surface area contributed by atoms with E-state index in [1.54, 1.807) is 30.3 Å². The summed E-state index contributed by atoms with van der Waals surface area (Å²) in [6.07, 6.45) is 0.581. The van der Waals surface area contributed by atoms with Gasteiger partial charge in [-0.05, 0) is 53.6 Å². The number of esters is 1. The van der Waals surface area contributed by atoms with E-state index in [4.69, 9.17) is 14.2 Å². The molecule has 0 aliphatic carbocycles. The first kappa shape index (κ1) is 25.2. The molecule has 174 valence electrons. The number of carbonyl (C=O) groups is 1. The lowest BCUT2D eigenvalue weighted by Gasteiger charge is -2.18. The third-order valence-corrected chi connectivity index (χ3v) is 4.78. The molecule has 0 aromatic heterocycles. The van der Waals surface area contributed by atoms with Crippen LogP contribution in [-0.2, 0) is 16.0 Å². The third-order valence-electron chi connectivity index (χ3n) is 4.78. The minimum absolute atomic E-state index is 0.0629. The van der Waals surface area contributed by atoms with Gasteiger partial charge in [-0.1, -0.05) is 38.9 Å². The minimum atomic E-state index is -0.912. The van der Waals surface area contributed by atoms with Crippen molar-refractivity contribution in [1.82, 2.24) is 0 Å². The Morgan fingerprint density at radius 3 is 2.28 bits per heavy atom. The highest BCUT2D eigenvalue weighted by Gasteiger charge is 2.21. The molecule has 0 radical (unpaired) electrons. The molecular formula is C25H33NO6. The predicted octanol–water partition coefficient (Wildman–Crippen LogP) is 5.42. The van der Waals surface area contributed by atoms with E-state index in [2.05, 4.69) is 5.18 Å². The number of hydrogen-bond donors (Lipinski definition) is 1. The Bertz CT molecular complexity index is 909. The number of benzene rings is 2. The van der Waals surface area contributed by atoms with Crippen molar-refractivity contribution >= 4 is 5.97 Å². The van der Waals surface area contributed by atoms with E-state index < -0.39 is 6.04 Å². The van der Waals surface area contributed by atoms with E-state index in [1.807, 2.05) is 27.7 Å². The molecule has 0 aliphatic rings. The van der Waals surface area contributed by atoms with Gasteiger partial charge in [-0.25, -0.2) is 0 Å². The predicted molar refractivity (Wildman–Crippen MR) is 123 cm³/mol. The lowest BCUT2D eigenvalue weighted by atomic mass is 9.95. The second-order valence-electron chi connectivity index (χ2n) is 8.58. The summed E-state index contributed by atoms with van der Waals surface area (Å²) in [4.78, 5) is 23.4. The number of aryl methyl sites for hydroxylation is 1. The summed E-state index contributed by atoms with van der Waals surface area (Å²) in [6.45, 7) is 9.21. The Morgan fingerprint density at radius 1 is 1.00 bits per heavy atom. The van der Waals surface area contributed by atoms with Gasteiger partial charge < -0.3 is 19.3 Å². The molecule has 0 fully saturated rings. The molecule has 0 spiro atoms. The van der Waals surface area contributed by atoms with Crippen LogP contribution in [0.2, 0.25) is 0 Å². The molecule has 32 heavy (non-hydrogen) atoms. The van der Waals surface area contributed by atoms with E-state index in [1.165, 1.54) is 13.2 Å². The third kappa shape index (κ3) is 7.25. The molecule has 0 aliphatic heterocycles. The molecule has 2 aromatic carbocycles. The van der Waals surface area contributed by atoms with Crippen molar-refractivity contribution in [3.63, 3.8) is 0 Å². The number of nitroso groups, excluding NO2 is 1. The Kier molecular flexibility index (Phi) is 9.50. The average molecular weight is 444 g/mol. The zero-order valence-corrected chi connectivity index (χ0v) is 19.5. The van der Waals surface area contributed by atoms with E-state index in [0.29, 0.717) is 54.1 Å². The van der Waals surface area contributed by atoms with E-state index in [-0.39, 0.29) is 18.1 Å². The maximum Gasteiger partial charge on any atom is 0.305 e. The van der Waals surface area contributed by atoms with Crippen LogP contribution in [0, 0.1) is 16.7 Å². The maximum absolute atomic E-state index is 11.8. The highest BCUT2D eigenvalue weighted by atomic mass is 16.5. The first-order chi connectivity index (χ1) is 15.2. The number of phenols is 1. The molecule has 0 bridgehead atoms. The van der Waals surface area contributed by atoms with Crippen molar-refractivity contribution in [3.05, 3.63) is 58.0 Å². The van der Waals surface area contributed by atoms with Gasteiger partial charge in [-0.3, -0.25) is 4.79 Å². The summed E-state index contributed by atoms with van der Waals surface area (Å²) in [5.41, 5.74) is 1.76. The fraction of sp³-hybridized carbons (Fsp3) is 0.480. The van der Waals surface area contributed by atoms with E-state index in [0.717, 1.165) is 5.56 Å². The normalized spacial score (nSPS) is 12.0. The van der Waals surface area contributed by atoms with Crippen LogP contribution in [-0.4, -0.2) is 31.4 Å². The first-order valence-corrected chi connectivity index (χ1v) is 10.9. The smallest absolute Gasteiger partial charge is 0.305 e. The van der Waals surface area contributed by atoms with Crippen LogP contribution in [0.3, 0.4) is 0 Å². The molecule has 1 unspecified atom stereocenters. The fourth-order valence-corrected chi connectivity index (χ4v) is 3.11. The average Bonchev–Trinajstić information content (AvgIpc) is 2.76. The van der Waals surface area contributed by atoms with Crippen LogP contribution in [0.25, 0.3) is 0 Å². The molecular weight excluding hydrogens is 410 g/mol. The molecule has 0 amide bonds. The standard InChI is InChI=1S/C25H33NO6/c1-16(2)14-31-20-8-9-21(22(27)13-20)25(26-29)19-6-10-23(32-15-17(3)4)18(12-19)7-11-24(28)30-5/h6,8-10,12-13,16-17,25,27H,7,11,14-15H2,1-5H3. The van der Waals surface area contributed by atoms with Crippen molar-refractivity contribution in [2.75, 3.05) is 20.3 Å². The van der Waals surface area contributed by atoms with Crippen molar-refractivity contribution in [1.29, 1.82) is 0 Å². The van der Waals surface area contributed by atoms with E-state index >= 15 is 0 Å². The van der Waals surface area contributed by atoms with Crippen molar-refractivity contribution in [2.45, 2.75) is 46.6 Å². The van der Waals surface area contributed by atoms with E-state index in [9.17, 15) is 14.8 Å². The van der Waals surface area contributed by atoms with Crippen molar-refractivity contribution < 1.29 is 24.1 Å². The molecule has 7 nitrogen and oxygen atoms in total. The molecule has 0 saturated carbocycles. The van der Waals surface area contributed by atoms with Gasteiger partial charge in [0.2, 0.25) is 0 Å². The molecule has 2 rings (SSSR count).